The van der Waals surface area contributed by atoms with Gasteiger partial charge in [-0.3, -0.25) is 0 Å². The van der Waals surface area contributed by atoms with Gasteiger partial charge in [0.15, 0.2) is 17.5 Å². The summed E-state index contributed by atoms with van der Waals surface area (Å²) in [6.07, 6.45) is 0. The molecule has 0 saturated heterocycles. The number of furan rings is 1. The summed E-state index contributed by atoms with van der Waals surface area (Å²) in [5.41, 5.74) is 6.85. The SMILES string of the molecule is c1ccc(-c2nc(-c3ccc4oc5c(-c6cccc7c6sc6ccccc67)cccc5c4c3)nc(-c3cccc4c3sc3ccccc34)n2)cc1. The zero-order valence-electron chi connectivity index (χ0n) is 27.0. The normalized spacial score (nSPS) is 11.9. The largest absolute Gasteiger partial charge is 0.455 e. The van der Waals surface area contributed by atoms with Crippen LogP contribution < -0.4 is 0 Å². The predicted octanol–water partition coefficient (Wildman–Crippen LogP) is 13.2. The van der Waals surface area contributed by atoms with E-state index in [1.807, 2.05) is 47.7 Å². The van der Waals surface area contributed by atoms with Gasteiger partial charge in [-0.25, -0.2) is 15.0 Å². The third-order valence-corrected chi connectivity index (χ3v) is 12.2. The summed E-state index contributed by atoms with van der Waals surface area (Å²) in [6.45, 7) is 0. The summed E-state index contributed by atoms with van der Waals surface area (Å²) in [4.78, 5) is 15.3. The Bertz CT molecular complexity index is 3160. The van der Waals surface area contributed by atoms with E-state index in [4.69, 9.17) is 19.4 Å². The fraction of sp³-hybridized carbons (Fsp3) is 0. The van der Waals surface area contributed by atoms with Crippen LogP contribution in [0.3, 0.4) is 0 Å². The second-order valence-electron chi connectivity index (χ2n) is 12.7. The molecule has 0 bridgehead atoms. The lowest BCUT2D eigenvalue weighted by Crippen LogP contribution is -2.00. The Hall–Kier alpha value is -6.21. The summed E-state index contributed by atoms with van der Waals surface area (Å²) >= 11 is 3.62. The number of nitrogens with zero attached hydrogens (tertiary/aromatic N) is 3. The van der Waals surface area contributed by atoms with Gasteiger partial charge in [0.25, 0.3) is 0 Å². The van der Waals surface area contributed by atoms with E-state index in [9.17, 15) is 0 Å². The first-order valence-electron chi connectivity index (χ1n) is 16.9. The summed E-state index contributed by atoms with van der Waals surface area (Å²) < 4.78 is 11.6. The molecule has 0 saturated carbocycles. The molecule has 4 aromatic heterocycles. The number of aromatic nitrogens is 3. The number of para-hydroxylation sites is 1. The van der Waals surface area contributed by atoms with Crippen molar-refractivity contribution < 1.29 is 4.42 Å². The van der Waals surface area contributed by atoms with Crippen LogP contribution in [0.25, 0.3) is 108 Å². The van der Waals surface area contributed by atoms with Crippen LogP contribution in [0.5, 0.6) is 0 Å². The monoisotopic (exact) mass is 687 g/mol. The molecule has 11 aromatic rings. The van der Waals surface area contributed by atoms with Gasteiger partial charge in [-0.1, -0.05) is 115 Å². The first kappa shape index (κ1) is 28.6. The van der Waals surface area contributed by atoms with Gasteiger partial charge in [0.1, 0.15) is 11.2 Å². The van der Waals surface area contributed by atoms with Crippen molar-refractivity contribution in [3.63, 3.8) is 0 Å². The zero-order valence-corrected chi connectivity index (χ0v) is 28.6. The molecule has 11 rings (SSSR count). The lowest BCUT2D eigenvalue weighted by Gasteiger charge is -2.09. The van der Waals surface area contributed by atoms with Crippen molar-refractivity contribution >= 4 is 85.0 Å². The molecule has 51 heavy (non-hydrogen) atoms. The number of hydrogen-bond donors (Lipinski definition) is 0. The van der Waals surface area contributed by atoms with Crippen molar-refractivity contribution in [3.8, 4) is 45.3 Å². The molecule has 7 aromatic carbocycles. The summed E-state index contributed by atoms with van der Waals surface area (Å²) in [7, 11) is 0. The number of hydrogen-bond acceptors (Lipinski definition) is 6. The highest BCUT2D eigenvalue weighted by Gasteiger charge is 2.19. The van der Waals surface area contributed by atoms with Gasteiger partial charge < -0.3 is 4.42 Å². The number of thiophene rings is 2. The average Bonchev–Trinajstić information content (AvgIpc) is 3.89. The second-order valence-corrected chi connectivity index (χ2v) is 14.8. The Morgan fingerprint density at radius 2 is 0.922 bits per heavy atom. The van der Waals surface area contributed by atoms with E-state index in [-0.39, 0.29) is 0 Å². The van der Waals surface area contributed by atoms with Gasteiger partial charge in [-0.15, -0.1) is 22.7 Å². The Balaban J connectivity index is 1.11. The van der Waals surface area contributed by atoms with Crippen LogP contribution in [0.15, 0.2) is 156 Å². The summed E-state index contributed by atoms with van der Waals surface area (Å²) in [6, 6.07) is 53.0. The minimum absolute atomic E-state index is 0.624. The molecule has 0 aliphatic heterocycles. The summed E-state index contributed by atoms with van der Waals surface area (Å²) in [5, 5.41) is 7.12. The van der Waals surface area contributed by atoms with Crippen molar-refractivity contribution in [2.24, 2.45) is 0 Å². The van der Waals surface area contributed by atoms with Gasteiger partial charge >= 0.3 is 0 Å². The van der Waals surface area contributed by atoms with Gasteiger partial charge in [-0.05, 0) is 36.4 Å². The number of fused-ring (bicyclic) bond motifs is 9. The van der Waals surface area contributed by atoms with Crippen LogP contribution in [-0.2, 0) is 0 Å². The van der Waals surface area contributed by atoms with Crippen molar-refractivity contribution in [2.75, 3.05) is 0 Å². The molecule has 0 fully saturated rings. The molecule has 4 heterocycles. The van der Waals surface area contributed by atoms with Crippen LogP contribution in [0.1, 0.15) is 0 Å². The molecule has 4 nitrogen and oxygen atoms in total. The van der Waals surface area contributed by atoms with Crippen LogP contribution in [-0.4, -0.2) is 15.0 Å². The van der Waals surface area contributed by atoms with Crippen molar-refractivity contribution in [2.45, 2.75) is 0 Å². The zero-order chi connectivity index (χ0) is 33.5. The maximum Gasteiger partial charge on any atom is 0.165 e. The van der Waals surface area contributed by atoms with Crippen LogP contribution >= 0.6 is 22.7 Å². The molecular weight excluding hydrogens is 663 g/mol. The highest BCUT2D eigenvalue weighted by atomic mass is 32.1. The first-order valence-corrected chi connectivity index (χ1v) is 18.5. The van der Waals surface area contributed by atoms with Crippen molar-refractivity contribution in [1.29, 1.82) is 0 Å². The molecule has 0 atom stereocenters. The molecule has 0 N–H and O–H groups in total. The fourth-order valence-corrected chi connectivity index (χ4v) is 9.82. The summed E-state index contributed by atoms with van der Waals surface area (Å²) in [5.74, 6) is 1.93. The van der Waals surface area contributed by atoms with E-state index in [0.29, 0.717) is 17.5 Å². The minimum Gasteiger partial charge on any atom is -0.455 e. The highest BCUT2D eigenvalue weighted by Crippen LogP contribution is 2.44. The molecule has 0 aliphatic rings. The van der Waals surface area contributed by atoms with E-state index < -0.39 is 0 Å². The van der Waals surface area contributed by atoms with E-state index >= 15 is 0 Å². The van der Waals surface area contributed by atoms with E-state index in [0.717, 1.165) is 44.2 Å². The lowest BCUT2D eigenvalue weighted by atomic mass is 10.00. The van der Waals surface area contributed by atoms with Gasteiger partial charge in [0.05, 0.1) is 0 Å². The Morgan fingerprint density at radius 1 is 0.373 bits per heavy atom. The Morgan fingerprint density at radius 3 is 1.65 bits per heavy atom. The van der Waals surface area contributed by atoms with Crippen molar-refractivity contribution in [1.82, 2.24) is 15.0 Å². The van der Waals surface area contributed by atoms with E-state index in [1.54, 1.807) is 11.3 Å². The van der Waals surface area contributed by atoms with Gasteiger partial charge in [0, 0.05) is 78.9 Å². The van der Waals surface area contributed by atoms with Crippen LogP contribution in [0.2, 0.25) is 0 Å². The third kappa shape index (κ3) is 4.47. The smallest absolute Gasteiger partial charge is 0.165 e. The van der Waals surface area contributed by atoms with E-state index in [1.165, 1.54) is 45.9 Å². The van der Waals surface area contributed by atoms with Gasteiger partial charge in [0.2, 0.25) is 0 Å². The second kappa shape index (κ2) is 11.2. The topological polar surface area (TPSA) is 51.8 Å². The molecule has 0 unspecified atom stereocenters. The molecule has 0 aliphatic carbocycles. The maximum atomic E-state index is 6.67. The third-order valence-electron chi connectivity index (χ3n) is 9.76. The standard InChI is InChI=1S/C45H25N3OS2/c1-2-11-26(12-3-1)43-46-44(48-45(47-43)35-20-10-18-33-29-14-5-7-22-39(29)51-42(33)35)27-23-24-37-36(25-27)31-16-8-15-30(40(31)49-37)34-19-9-17-32-28-13-4-6-21-38(28)50-41(32)34/h1-25H. The van der Waals surface area contributed by atoms with Crippen LogP contribution in [0.4, 0.5) is 0 Å². The molecule has 6 heteroatoms. The van der Waals surface area contributed by atoms with Gasteiger partial charge in [-0.2, -0.15) is 0 Å². The molecule has 0 amide bonds. The number of benzene rings is 7. The lowest BCUT2D eigenvalue weighted by molar-refractivity contribution is 0.670. The highest BCUT2D eigenvalue weighted by molar-refractivity contribution is 7.26. The van der Waals surface area contributed by atoms with Crippen LogP contribution in [0, 0.1) is 0 Å². The Labute approximate surface area is 299 Å². The molecule has 0 spiro atoms. The van der Waals surface area contributed by atoms with Crippen molar-refractivity contribution in [3.05, 3.63) is 152 Å². The predicted molar refractivity (Wildman–Crippen MR) is 215 cm³/mol. The quantitative estimate of drug-likeness (QED) is 0.185. The minimum atomic E-state index is 0.624. The average molecular weight is 688 g/mol. The fourth-order valence-electron chi connectivity index (χ4n) is 7.37. The molecule has 0 radical (unpaired) electrons. The maximum absolute atomic E-state index is 6.67. The molecular formula is C45H25N3OS2. The number of rotatable bonds is 4. The van der Waals surface area contributed by atoms with E-state index in [2.05, 4.69) is 115 Å². The first-order chi connectivity index (χ1) is 25.3. The Kier molecular flexibility index (Phi) is 6.26. The molecule has 238 valence electrons.